The van der Waals surface area contributed by atoms with Gasteiger partial charge in [-0.25, -0.2) is 4.98 Å². The Morgan fingerprint density at radius 2 is 2.04 bits per heavy atom. The third-order valence-corrected chi connectivity index (χ3v) is 4.16. The predicted molar refractivity (Wildman–Crippen MR) is 87.9 cm³/mol. The molecule has 23 heavy (non-hydrogen) atoms. The third kappa shape index (κ3) is 2.79. The van der Waals surface area contributed by atoms with Gasteiger partial charge < -0.3 is 15.6 Å². The number of carbonyl (C=O) groups is 2. The molecule has 2 heterocycles. The number of para-hydroxylation sites is 2. The molecule has 2 amide bonds. The molecule has 1 atom stereocenters. The van der Waals surface area contributed by atoms with Gasteiger partial charge in [0.15, 0.2) is 0 Å². The quantitative estimate of drug-likeness (QED) is 0.858. The van der Waals surface area contributed by atoms with Gasteiger partial charge in [-0.3, -0.25) is 14.5 Å². The van der Waals surface area contributed by atoms with Gasteiger partial charge in [0.05, 0.1) is 23.6 Å². The van der Waals surface area contributed by atoms with Crippen LogP contribution >= 0.6 is 0 Å². The Hall–Kier alpha value is -2.41. The van der Waals surface area contributed by atoms with E-state index in [2.05, 4.69) is 10.3 Å². The lowest BCUT2D eigenvalue weighted by Gasteiger charge is -2.17. The second-order valence-corrected chi connectivity index (χ2v) is 6.09. The fourth-order valence-electron chi connectivity index (χ4n) is 2.70. The van der Waals surface area contributed by atoms with E-state index in [0.29, 0.717) is 19.0 Å². The van der Waals surface area contributed by atoms with Crippen LogP contribution in [-0.2, 0) is 16.1 Å². The van der Waals surface area contributed by atoms with Crippen molar-refractivity contribution in [2.24, 2.45) is 11.7 Å². The number of rotatable bonds is 4. The largest absolute Gasteiger partial charge is 0.346 e. The Morgan fingerprint density at radius 1 is 1.30 bits per heavy atom. The molecule has 122 valence electrons. The summed E-state index contributed by atoms with van der Waals surface area (Å²) < 4.78 is 2.02. The maximum absolute atomic E-state index is 12.4. The van der Waals surface area contributed by atoms with Crippen molar-refractivity contribution in [2.75, 3.05) is 18.0 Å². The maximum atomic E-state index is 12.4. The van der Waals surface area contributed by atoms with E-state index in [0.717, 1.165) is 11.0 Å². The number of carbonyl (C=O) groups excluding carboxylic acids is 2. The van der Waals surface area contributed by atoms with Crippen molar-refractivity contribution in [3.05, 3.63) is 24.3 Å². The zero-order chi connectivity index (χ0) is 16.6. The highest BCUT2D eigenvalue weighted by atomic mass is 16.2. The number of anilines is 1. The summed E-state index contributed by atoms with van der Waals surface area (Å²) in [6.07, 6.45) is 0. The zero-order valence-electron chi connectivity index (χ0n) is 13.3. The maximum Gasteiger partial charge on any atom is 0.248 e. The number of fused-ring (bicyclic) bond motifs is 3. The number of amides is 2. The zero-order valence-corrected chi connectivity index (χ0v) is 13.3. The van der Waals surface area contributed by atoms with Gasteiger partial charge in [0, 0.05) is 13.1 Å². The Balaban J connectivity index is 1.70. The van der Waals surface area contributed by atoms with Crippen molar-refractivity contribution in [1.29, 1.82) is 0 Å². The van der Waals surface area contributed by atoms with Crippen LogP contribution in [0, 0.1) is 5.92 Å². The minimum Gasteiger partial charge on any atom is -0.346 e. The minimum absolute atomic E-state index is 0.0288. The lowest BCUT2D eigenvalue weighted by Crippen LogP contribution is -2.47. The average molecular weight is 315 g/mol. The van der Waals surface area contributed by atoms with Crippen LogP contribution in [0.5, 0.6) is 0 Å². The van der Waals surface area contributed by atoms with E-state index in [1.807, 2.05) is 42.7 Å². The summed E-state index contributed by atoms with van der Waals surface area (Å²) in [7, 11) is 0. The highest BCUT2D eigenvalue weighted by Crippen LogP contribution is 2.26. The first-order valence-corrected chi connectivity index (χ1v) is 7.78. The van der Waals surface area contributed by atoms with Crippen LogP contribution in [0.25, 0.3) is 11.0 Å². The predicted octanol–water partition coefficient (Wildman–Crippen LogP) is 0.482. The van der Waals surface area contributed by atoms with Gasteiger partial charge in [0.1, 0.15) is 0 Å². The highest BCUT2D eigenvalue weighted by molar-refractivity contribution is 5.98. The SMILES string of the molecule is CC(C)[C@H](N)C(=O)NCC(=O)N1CCn2c1nc1ccccc12. The van der Waals surface area contributed by atoms with Crippen LogP contribution in [0.3, 0.4) is 0 Å². The molecule has 1 aromatic heterocycles. The number of hydrogen-bond acceptors (Lipinski definition) is 4. The molecule has 0 spiro atoms. The normalized spacial score (nSPS) is 15.0. The Labute approximate surface area is 134 Å². The molecule has 0 bridgehead atoms. The van der Waals surface area contributed by atoms with E-state index >= 15 is 0 Å². The van der Waals surface area contributed by atoms with E-state index < -0.39 is 6.04 Å². The summed E-state index contributed by atoms with van der Waals surface area (Å²) in [5.41, 5.74) is 7.66. The van der Waals surface area contributed by atoms with Gasteiger partial charge >= 0.3 is 0 Å². The molecule has 0 saturated heterocycles. The van der Waals surface area contributed by atoms with Crippen LogP contribution in [0.4, 0.5) is 5.95 Å². The molecule has 2 aromatic rings. The number of nitrogens with two attached hydrogens (primary N) is 1. The van der Waals surface area contributed by atoms with Gasteiger partial charge in [-0.1, -0.05) is 26.0 Å². The van der Waals surface area contributed by atoms with Crippen molar-refractivity contribution in [2.45, 2.75) is 26.4 Å². The van der Waals surface area contributed by atoms with Crippen LogP contribution in [0.1, 0.15) is 13.8 Å². The standard InChI is InChI=1S/C16H21N5O2/c1-10(2)14(17)15(23)18-9-13(22)21-8-7-20-12-6-4-3-5-11(12)19-16(20)21/h3-6,10,14H,7-9,17H2,1-2H3,(H,18,23)/t14-/m0/s1. The molecule has 3 rings (SSSR count). The molecule has 0 saturated carbocycles. The van der Waals surface area contributed by atoms with E-state index in [1.165, 1.54) is 0 Å². The van der Waals surface area contributed by atoms with Crippen molar-refractivity contribution in [1.82, 2.24) is 14.9 Å². The first kappa shape index (κ1) is 15.5. The minimum atomic E-state index is -0.606. The number of hydrogen-bond donors (Lipinski definition) is 2. The van der Waals surface area contributed by atoms with Crippen molar-refractivity contribution in [3.8, 4) is 0 Å². The monoisotopic (exact) mass is 315 g/mol. The van der Waals surface area contributed by atoms with Gasteiger partial charge in [0.25, 0.3) is 0 Å². The van der Waals surface area contributed by atoms with Gasteiger partial charge in [-0.2, -0.15) is 0 Å². The molecule has 3 N–H and O–H groups in total. The fourth-order valence-corrected chi connectivity index (χ4v) is 2.70. The van der Waals surface area contributed by atoms with Crippen LogP contribution < -0.4 is 16.0 Å². The van der Waals surface area contributed by atoms with Crippen LogP contribution in [0.2, 0.25) is 0 Å². The van der Waals surface area contributed by atoms with Crippen molar-refractivity contribution in [3.63, 3.8) is 0 Å². The Kier molecular flexibility index (Phi) is 4.04. The summed E-state index contributed by atoms with van der Waals surface area (Å²) in [6.45, 7) is 4.95. The second kappa shape index (κ2) is 6.00. The molecule has 7 nitrogen and oxygen atoms in total. The fraction of sp³-hybridized carbons (Fsp3) is 0.438. The molecular weight excluding hydrogens is 294 g/mol. The van der Waals surface area contributed by atoms with E-state index in [4.69, 9.17) is 5.73 Å². The van der Waals surface area contributed by atoms with Gasteiger partial charge in [-0.05, 0) is 18.1 Å². The molecule has 1 aliphatic rings. The summed E-state index contributed by atoms with van der Waals surface area (Å²) in [4.78, 5) is 30.4. The lowest BCUT2D eigenvalue weighted by molar-refractivity contribution is -0.126. The lowest BCUT2D eigenvalue weighted by atomic mass is 10.1. The van der Waals surface area contributed by atoms with Crippen LogP contribution in [0.15, 0.2) is 24.3 Å². The second-order valence-electron chi connectivity index (χ2n) is 6.09. The summed E-state index contributed by atoms with van der Waals surface area (Å²) >= 11 is 0. The highest BCUT2D eigenvalue weighted by Gasteiger charge is 2.28. The van der Waals surface area contributed by atoms with Gasteiger partial charge in [0.2, 0.25) is 17.8 Å². The molecule has 0 radical (unpaired) electrons. The summed E-state index contributed by atoms with van der Waals surface area (Å²) in [5, 5.41) is 2.61. The first-order valence-electron chi connectivity index (χ1n) is 7.78. The molecule has 1 aliphatic heterocycles. The molecule has 7 heteroatoms. The summed E-state index contributed by atoms with van der Waals surface area (Å²) in [6, 6.07) is 7.18. The van der Waals surface area contributed by atoms with Crippen molar-refractivity contribution < 1.29 is 9.59 Å². The van der Waals surface area contributed by atoms with E-state index in [9.17, 15) is 9.59 Å². The smallest absolute Gasteiger partial charge is 0.248 e. The molecule has 0 aliphatic carbocycles. The van der Waals surface area contributed by atoms with E-state index in [1.54, 1.807) is 4.90 Å². The van der Waals surface area contributed by atoms with Crippen LogP contribution in [-0.4, -0.2) is 40.5 Å². The number of nitrogens with one attached hydrogen (secondary N) is 1. The van der Waals surface area contributed by atoms with Gasteiger partial charge in [-0.15, -0.1) is 0 Å². The molecular formula is C16H21N5O2. The molecule has 1 aromatic carbocycles. The topological polar surface area (TPSA) is 93.2 Å². The Bertz CT molecular complexity index is 752. The average Bonchev–Trinajstić information content (AvgIpc) is 3.10. The number of benzene rings is 1. The third-order valence-electron chi connectivity index (χ3n) is 4.16. The first-order chi connectivity index (χ1) is 11.0. The van der Waals surface area contributed by atoms with E-state index in [-0.39, 0.29) is 24.3 Å². The molecule has 0 unspecified atom stereocenters. The van der Waals surface area contributed by atoms with Crippen molar-refractivity contribution >= 4 is 28.8 Å². The molecule has 0 fully saturated rings. The number of aromatic nitrogens is 2. The number of imidazole rings is 1. The summed E-state index contributed by atoms with van der Waals surface area (Å²) in [5.74, 6) is 0.184. The Morgan fingerprint density at radius 3 is 2.78 bits per heavy atom. The number of nitrogens with zero attached hydrogens (tertiary/aromatic N) is 3.